The van der Waals surface area contributed by atoms with Crippen molar-refractivity contribution in [3.05, 3.63) is 59.2 Å². The summed E-state index contributed by atoms with van der Waals surface area (Å²) in [7, 11) is -4.38. The van der Waals surface area contributed by atoms with E-state index in [1.54, 1.807) is 0 Å². The first-order valence-corrected chi connectivity index (χ1v) is 9.69. The molecule has 0 radical (unpaired) electrons. The molecule has 2 aromatic heterocycles. The van der Waals surface area contributed by atoms with Gasteiger partial charge in [0.15, 0.2) is 5.25 Å². The number of nitrogens with zero attached hydrogens (tertiary/aromatic N) is 2. The molecule has 134 valence electrons. The highest BCUT2D eigenvalue weighted by Gasteiger charge is 2.30. The molecule has 0 unspecified atom stereocenters. The van der Waals surface area contributed by atoms with Gasteiger partial charge in [0.25, 0.3) is 10.1 Å². The fourth-order valence-electron chi connectivity index (χ4n) is 3.19. The molecule has 7 nitrogen and oxygen atoms in total. The highest BCUT2D eigenvalue weighted by Crippen LogP contribution is 2.27. The molecule has 8 heteroatoms. The summed E-state index contributed by atoms with van der Waals surface area (Å²) < 4.78 is 33.9. The van der Waals surface area contributed by atoms with Crippen molar-refractivity contribution < 1.29 is 13.0 Å². The number of H-pyrrole nitrogens is 2. The van der Waals surface area contributed by atoms with Crippen LogP contribution in [0.4, 0.5) is 0 Å². The summed E-state index contributed by atoms with van der Waals surface area (Å²) in [6, 6.07) is 11.3. The first-order chi connectivity index (χ1) is 12.3. The zero-order chi connectivity index (χ0) is 18.5. The van der Waals surface area contributed by atoms with Crippen LogP contribution in [0.25, 0.3) is 22.1 Å². The zero-order valence-electron chi connectivity index (χ0n) is 14.3. The predicted octanol–water partition coefficient (Wildman–Crippen LogP) is 3.23. The van der Waals surface area contributed by atoms with Crippen LogP contribution in [-0.2, 0) is 16.5 Å². The lowest BCUT2D eigenvalue weighted by Crippen LogP contribution is -2.17. The minimum absolute atomic E-state index is 0.00811. The van der Waals surface area contributed by atoms with E-state index in [1.165, 1.54) is 0 Å². The number of imidazole rings is 2. The summed E-state index contributed by atoms with van der Waals surface area (Å²) in [6.07, 6.45) is -0.00811. The largest absolute Gasteiger partial charge is 0.342 e. The summed E-state index contributed by atoms with van der Waals surface area (Å²) >= 11 is 0. The van der Waals surface area contributed by atoms with Crippen LogP contribution >= 0.6 is 0 Å². The van der Waals surface area contributed by atoms with E-state index >= 15 is 0 Å². The molecule has 0 spiro atoms. The van der Waals surface area contributed by atoms with Crippen LogP contribution in [0.3, 0.4) is 0 Å². The third-order valence-electron chi connectivity index (χ3n) is 4.54. The van der Waals surface area contributed by atoms with Gasteiger partial charge in [0.2, 0.25) is 0 Å². The summed E-state index contributed by atoms with van der Waals surface area (Å²) in [5.41, 5.74) is 4.96. The molecule has 0 saturated heterocycles. The Morgan fingerprint density at radius 3 is 2.08 bits per heavy atom. The van der Waals surface area contributed by atoms with E-state index in [0.29, 0.717) is 11.3 Å². The second kappa shape index (κ2) is 5.93. The minimum Gasteiger partial charge on any atom is -0.342 e. The van der Waals surface area contributed by atoms with Crippen LogP contribution in [0, 0.1) is 13.8 Å². The number of aromatic amines is 2. The van der Waals surface area contributed by atoms with Crippen LogP contribution in [0.15, 0.2) is 36.4 Å². The SMILES string of the molecule is Cc1cccc2[nH]c(C[C@H](c3nc4c(C)cccc4[nH]3)S(=O)(=O)O)nc12. The molecule has 2 heterocycles. The molecule has 0 amide bonds. The Kier molecular flexibility index (Phi) is 3.82. The average Bonchev–Trinajstić information content (AvgIpc) is 3.16. The first kappa shape index (κ1) is 16.7. The fourth-order valence-corrected chi connectivity index (χ4v) is 3.95. The van der Waals surface area contributed by atoms with E-state index in [2.05, 4.69) is 19.9 Å². The quantitative estimate of drug-likeness (QED) is 0.478. The van der Waals surface area contributed by atoms with E-state index in [4.69, 9.17) is 0 Å². The van der Waals surface area contributed by atoms with Gasteiger partial charge in [-0.15, -0.1) is 0 Å². The molecule has 0 fully saturated rings. The molecule has 26 heavy (non-hydrogen) atoms. The fraction of sp³-hybridized carbons (Fsp3) is 0.222. The molecule has 0 bridgehead atoms. The van der Waals surface area contributed by atoms with Crippen molar-refractivity contribution in [3.63, 3.8) is 0 Å². The molecule has 0 aliphatic carbocycles. The third kappa shape index (κ3) is 2.87. The van der Waals surface area contributed by atoms with Gasteiger partial charge < -0.3 is 9.97 Å². The molecule has 1 atom stereocenters. The van der Waals surface area contributed by atoms with Crippen LogP contribution < -0.4 is 0 Å². The van der Waals surface area contributed by atoms with E-state index in [1.807, 2.05) is 50.2 Å². The molecule has 4 aromatic rings. The van der Waals surface area contributed by atoms with Crippen LogP contribution in [0.5, 0.6) is 0 Å². The number of aromatic nitrogens is 4. The van der Waals surface area contributed by atoms with Gasteiger partial charge in [-0.3, -0.25) is 4.55 Å². The maximum atomic E-state index is 12.0. The molecule has 0 aliphatic rings. The lowest BCUT2D eigenvalue weighted by Gasteiger charge is -2.09. The maximum absolute atomic E-state index is 12.0. The Hall–Kier alpha value is -2.71. The standard InChI is InChI=1S/C18H18N4O3S/c1-10-5-3-7-12-16(10)21-15(19-12)9-14(26(23,24)25)18-20-13-8-4-6-11(2)17(13)22-18/h3-8,14H,9H2,1-2H3,(H,19,21)(H,20,22)(H,23,24,25)/t14-/m1/s1. The Morgan fingerprint density at radius 1 is 0.962 bits per heavy atom. The van der Waals surface area contributed by atoms with Gasteiger partial charge in [-0.1, -0.05) is 24.3 Å². The number of hydrogen-bond donors (Lipinski definition) is 3. The van der Waals surface area contributed by atoms with E-state index in [-0.39, 0.29) is 12.2 Å². The van der Waals surface area contributed by atoms with Crippen molar-refractivity contribution in [1.29, 1.82) is 0 Å². The smallest absolute Gasteiger partial charge is 0.275 e. The van der Waals surface area contributed by atoms with Crippen molar-refractivity contribution in [2.24, 2.45) is 0 Å². The zero-order valence-corrected chi connectivity index (χ0v) is 15.1. The van der Waals surface area contributed by atoms with E-state index in [0.717, 1.165) is 27.7 Å². The first-order valence-electron chi connectivity index (χ1n) is 8.18. The lowest BCUT2D eigenvalue weighted by molar-refractivity contribution is 0.464. The summed E-state index contributed by atoms with van der Waals surface area (Å²) in [5, 5.41) is -1.23. The second-order valence-electron chi connectivity index (χ2n) is 6.46. The van der Waals surface area contributed by atoms with E-state index < -0.39 is 15.4 Å². The van der Waals surface area contributed by atoms with Crippen molar-refractivity contribution in [1.82, 2.24) is 19.9 Å². The van der Waals surface area contributed by atoms with Gasteiger partial charge in [0, 0.05) is 6.42 Å². The Labute approximate surface area is 150 Å². The van der Waals surface area contributed by atoms with Gasteiger partial charge in [-0.2, -0.15) is 8.42 Å². The Balaban J connectivity index is 1.79. The second-order valence-corrected chi connectivity index (χ2v) is 8.05. The Morgan fingerprint density at radius 2 is 1.54 bits per heavy atom. The van der Waals surface area contributed by atoms with Gasteiger partial charge >= 0.3 is 0 Å². The van der Waals surface area contributed by atoms with Crippen LogP contribution in [-0.4, -0.2) is 32.9 Å². The third-order valence-corrected chi connectivity index (χ3v) is 5.65. The number of nitrogens with one attached hydrogen (secondary N) is 2. The number of para-hydroxylation sites is 2. The highest BCUT2D eigenvalue weighted by atomic mass is 32.2. The average molecular weight is 370 g/mol. The summed E-state index contributed by atoms with van der Waals surface area (Å²) in [6.45, 7) is 3.84. The van der Waals surface area contributed by atoms with Gasteiger partial charge in [-0.05, 0) is 37.1 Å². The number of rotatable bonds is 4. The molecular formula is C18H18N4O3S. The van der Waals surface area contributed by atoms with Crippen molar-refractivity contribution >= 4 is 32.2 Å². The van der Waals surface area contributed by atoms with Gasteiger partial charge in [-0.25, -0.2) is 9.97 Å². The number of aryl methyl sites for hydroxylation is 2. The molecule has 3 N–H and O–H groups in total. The molecule has 2 aromatic carbocycles. The van der Waals surface area contributed by atoms with Crippen LogP contribution in [0.2, 0.25) is 0 Å². The van der Waals surface area contributed by atoms with Crippen molar-refractivity contribution in [2.45, 2.75) is 25.5 Å². The van der Waals surface area contributed by atoms with Crippen LogP contribution in [0.1, 0.15) is 28.0 Å². The summed E-state index contributed by atoms with van der Waals surface area (Å²) in [4.78, 5) is 15.0. The lowest BCUT2D eigenvalue weighted by atomic mass is 10.2. The molecule has 4 rings (SSSR count). The number of fused-ring (bicyclic) bond motifs is 2. The van der Waals surface area contributed by atoms with E-state index in [9.17, 15) is 13.0 Å². The topological polar surface area (TPSA) is 112 Å². The van der Waals surface area contributed by atoms with Gasteiger partial charge in [0.05, 0.1) is 22.1 Å². The molecule has 0 aliphatic heterocycles. The number of benzene rings is 2. The Bertz CT molecular complexity index is 1220. The predicted molar refractivity (Wildman–Crippen MR) is 99.7 cm³/mol. The summed E-state index contributed by atoms with van der Waals surface area (Å²) in [5.74, 6) is 0.683. The van der Waals surface area contributed by atoms with Crippen molar-refractivity contribution in [3.8, 4) is 0 Å². The van der Waals surface area contributed by atoms with Crippen molar-refractivity contribution in [2.75, 3.05) is 0 Å². The maximum Gasteiger partial charge on any atom is 0.275 e. The molecular weight excluding hydrogens is 352 g/mol. The number of hydrogen-bond acceptors (Lipinski definition) is 4. The monoisotopic (exact) mass is 370 g/mol. The minimum atomic E-state index is -4.38. The highest BCUT2D eigenvalue weighted by molar-refractivity contribution is 7.86. The normalized spacial score (nSPS) is 13.5. The molecule has 0 saturated carbocycles. The van der Waals surface area contributed by atoms with Gasteiger partial charge in [0.1, 0.15) is 11.6 Å².